The van der Waals surface area contributed by atoms with E-state index in [0.717, 1.165) is 5.39 Å². The Hall–Kier alpha value is -3.28. The van der Waals surface area contributed by atoms with E-state index in [1.807, 2.05) is 12.1 Å². The van der Waals surface area contributed by atoms with Gasteiger partial charge in [0, 0.05) is 17.1 Å². The molecule has 0 aliphatic carbocycles. The molecule has 0 bridgehead atoms. The maximum Gasteiger partial charge on any atom is 0.285 e. The molecule has 0 saturated heterocycles. The fourth-order valence-electron chi connectivity index (χ4n) is 2.48. The van der Waals surface area contributed by atoms with Gasteiger partial charge in [0.05, 0.1) is 16.1 Å². The van der Waals surface area contributed by atoms with Crippen molar-refractivity contribution >= 4 is 28.2 Å². The first kappa shape index (κ1) is 14.6. The number of aromatic nitrogens is 1. The standard InChI is InChI=1S/C17H13N3O3/c1-11-5-2-8-13(16(11)20(22)23)17(21)19-14-9-3-6-12-7-4-10-18-15(12)14/h2-10H,1H3,(H,19,21). The Morgan fingerprint density at radius 3 is 2.65 bits per heavy atom. The Bertz CT molecular complexity index is 917. The van der Waals surface area contributed by atoms with Gasteiger partial charge in [-0.1, -0.05) is 30.3 Å². The van der Waals surface area contributed by atoms with Gasteiger partial charge in [0.15, 0.2) is 0 Å². The Balaban J connectivity index is 2.02. The predicted molar refractivity (Wildman–Crippen MR) is 87.5 cm³/mol. The fourth-order valence-corrected chi connectivity index (χ4v) is 2.48. The zero-order valence-electron chi connectivity index (χ0n) is 12.3. The third-order valence-corrected chi connectivity index (χ3v) is 3.55. The monoisotopic (exact) mass is 307 g/mol. The van der Waals surface area contributed by atoms with Gasteiger partial charge in [-0.25, -0.2) is 0 Å². The summed E-state index contributed by atoms with van der Waals surface area (Å²) in [5.41, 5.74) is 1.45. The molecular formula is C17H13N3O3. The molecule has 6 heteroatoms. The molecule has 0 spiro atoms. The van der Waals surface area contributed by atoms with Crippen molar-refractivity contribution < 1.29 is 9.72 Å². The number of nitro groups is 1. The number of para-hydroxylation sites is 2. The molecule has 3 aromatic rings. The summed E-state index contributed by atoms with van der Waals surface area (Å²) < 4.78 is 0. The van der Waals surface area contributed by atoms with Crippen LogP contribution in [0.15, 0.2) is 54.7 Å². The molecule has 3 rings (SSSR count). The molecule has 0 unspecified atom stereocenters. The highest BCUT2D eigenvalue weighted by molar-refractivity contribution is 6.10. The van der Waals surface area contributed by atoms with Crippen molar-refractivity contribution in [2.45, 2.75) is 6.92 Å². The Labute approximate surface area is 131 Å². The molecule has 0 radical (unpaired) electrons. The van der Waals surface area contributed by atoms with Crippen LogP contribution >= 0.6 is 0 Å². The minimum absolute atomic E-state index is 0.0305. The predicted octanol–water partition coefficient (Wildman–Crippen LogP) is 3.70. The summed E-state index contributed by atoms with van der Waals surface area (Å²) in [6.07, 6.45) is 1.63. The minimum atomic E-state index is -0.536. The zero-order valence-corrected chi connectivity index (χ0v) is 12.3. The van der Waals surface area contributed by atoms with Gasteiger partial charge in [0.25, 0.3) is 11.6 Å². The topological polar surface area (TPSA) is 85.1 Å². The third-order valence-electron chi connectivity index (χ3n) is 3.55. The lowest BCUT2D eigenvalue weighted by Crippen LogP contribution is -2.15. The van der Waals surface area contributed by atoms with E-state index in [9.17, 15) is 14.9 Å². The zero-order chi connectivity index (χ0) is 16.4. The summed E-state index contributed by atoms with van der Waals surface area (Å²) in [7, 11) is 0. The van der Waals surface area contributed by atoms with Gasteiger partial charge >= 0.3 is 0 Å². The smallest absolute Gasteiger partial charge is 0.285 e. The number of aryl methyl sites for hydroxylation is 1. The van der Waals surface area contributed by atoms with E-state index in [-0.39, 0.29) is 11.3 Å². The van der Waals surface area contributed by atoms with Gasteiger partial charge in [-0.3, -0.25) is 19.9 Å². The van der Waals surface area contributed by atoms with Gasteiger partial charge in [-0.05, 0) is 25.1 Å². The summed E-state index contributed by atoms with van der Waals surface area (Å²) >= 11 is 0. The number of pyridine rings is 1. The molecule has 6 nitrogen and oxygen atoms in total. The van der Waals surface area contributed by atoms with E-state index in [1.54, 1.807) is 43.5 Å². The number of rotatable bonds is 3. The Morgan fingerprint density at radius 2 is 1.87 bits per heavy atom. The van der Waals surface area contributed by atoms with Crippen molar-refractivity contribution in [2.75, 3.05) is 5.32 Å². The van der Waals surface area contributed by atoms with Crippen LogP contribution in [0.2, 0.25) is 0 Å². The highest BCUT2D eigenvalue weighted by atomic mass is 16.6. The number of carbonyl (C=O) groups excluding carboxylic acids is 1. The lowest BCUT2D eigenvalue weighted by molar-refractivity contribution is -0.385. The quantitative estimate of drug-likeness (QED) is 0.590. The van der Waals surface area contributed by atoms with Crippen LogP contribution in [0.3, 0.4) is 0 Å². The average Bonchev–Trinajstić information content (AvgIpc) is 2.54. The first-order chi connectivity index (χ1) is 11.1. The van der Waals surface area contributed by atoms with Crippen molar-refractivity contribution in [3.05, 3.63) is 76.0 Å². The van der Waals surface area contributed by atoms with E-state index in [1.165, 1.54) is 6.07 Å². The second-order valence-corrected chi connectivity index (χ2v) is 5.06. The normalized spacial score (nSPS) is 10.5. The highest BCUT2D eigenvalue weighted by Crippen LogP contribution is 2.26. The van der Waals surface area contributed by atoms with Gasteiger partial charge in [-0.15, -0.1) is 0 Å². The highest BCUT2D eigenvalue weighted by Gasteiger charge is 2.22. The molecule has 2 aromatic carbocycles. The largest absolute Gasteiger partial charge is 0.320 e. The molecular weight excluding hydrogens is 294 g/mol. The second-order valence-electron chi connectivity index (χ2n) is 5.06. The maximum absolute atomic E-state index is 12.5. The van der Waals surface area contributed by atoms with Crippen LogP contribution in [-0.2, 0) is 0 Å². The number of nitrogens with zero attached hydrogens (tertiary/aromatic N) is 2. The van der Waals surface area contributed by atoms with E-state index in [0.29, 0.717) is 16.8 Å². The summed E-state index contributed by atoms with van der Waals surface area (Å²) in [5, 5.41) is 14.8. The lowest BCUT2D eigenvalue weighted by atomic mass is 10.1. The van der Waals surface area contributed by atoms with Crippen molar-refractivity contribution in [3.8, 4) is 0 Å². The molecule has 114 valence electrons. The molecule has 0 atom stereocenters. The summed E-state index contributed by atoms with van der Waals surface area (Å²) in [6, 6.07) is 13.8. The van der Waals surface area contributed by atoms with Crippen LogP contribution in [0, 0.1) is 17.0 Å². The van der Waals surface area contributed by atoms with Crippen molar-refractivity contribution in [2.24, 2.45) is 0 Å². The number of hydrogen-bond donors (Lipinski definition) is 1. The van der Waals surface area contributed by atoms with Crippen LogP contribution in [0.4, 0.5) is 11.4 Å². The average molecular weight is 307 g/mol. The van der Waals surface area contributed by atoms with E-state index >= 15 is 0 Å². The SMILES string of the molecule is Cc1cccc(C(=O)Nc2cccc3cccnc23)c1[N+](=O)[O-]. The molecule has 0 fully saturated rings. The number of hydrogen-bond acceptors (Lipinski definition) is 4. The van der Waals surface area contributed by atoms with Crippen LogP contribution in [0.1, 0.15) is 15.9 Å². The molecule has 1 heterocycles. The van der Waals surface area contributed by atoms with Crippen LogP contribution in [0.25, 0.3) is 10.9 Å². The van der Waals surface area contributed by atoms with Gasteiger partial charge in [0.2, 0.25) is 0 Å². The van der Waals surface area contributed by atoms with Crippen LogP contribution in [-0.4, -0.2) is 15.8 Å². The van der Waals surface area contributed by atoms with E-state index in [2.05, 4.69) is 10.3 Å². The Morgan fingerprint density at radius 1 is 1.13 bits per heavy atom. The number of nitrogens with one attached hydrogen (secondary N) is 1. The van der Waals surface area contributed by atoms with Gasteiger partial charge in [-0.2, -0.15) is 0 Å². The molecule has 1 N–H and O–H groups in total. The van der Waals surface area contributed by atoms with Crippen LogP contribution < -0.4 is 5.32 Å². The Kier molecular flexibility index (Phi) is 3.72. The van der Waals surface area contributed by atoms with Crippen molar-refractivity contribution in [1.82, 2.24) is 4.98 Å². The first-order valence-electron chi connectivity index (χ1n) is 6.97. The number of amides is 1. The molecule has 1 amide bonds. The van der Waals surface area contributed by atoms with Crippen molar-refractivity contribution in [3.63, 3.8) is 0 Å². The second kappa shape index (κ2) is 5.84. The van der Waals surface area contributed by atoms with Gasteiger partial charge < -0.3 is 5.32 Å². The fraction of sp³-hybridized carbons (Fsp3) is 0.0588. The van der Waals surface area contributed by atoms with E-state index < -0.39 is 10.8 Å². The molecule has 23 heavy (non-hydrogen) atoms. The first-order valence-corrected chi connectivity index (χ1v) is 6.97. The number of fused-ring (bicyclic) bond motifs is 1. The molecule has 0 aliphatic rings. The van der Waals surface area contributed by atoms with Crippen molar-refractivity contribution in [1.29, 1.82) is 0 Å². The molecule has 0 saturated carbocycles. The lowest BCUT2D eigenvalue weighted by Gasteiger charge is -2.09. The summed E-state index contributed by atoms with van der Waals surface area (Å²) in [4.78, 5) is 27.4. The third kappa shape index (κ3) is 2.74. The summed E-state index contributed by atoms with van der Waals surface area (Å²) in [6.45, 7) is 1.61. The van der Waals surface area contributed by atoms with E-state index in [4.69, 9.17) is 0 Å². The van der Waals surface area contributed by atoms with Gasteiger partial charge in [0.1, 0.15) is 5.56 Å². The van der Waals surface area contributed by atoms with Crippen LogP contribution in [0.5, 0.6) is 0 Å². The molecule has 0 aliphatic heterocycles. The maximum atomic E-state index is 12.5. The number of nitro benzene ring substituents is 1. The number of benzene rings is 2. The summed E-state index contributed by atoms with van der Waals surface area (Å²) in [5.74, 6) is -0.529. The molecule has 1 aromatic heterocycles. The number of anilines is 1. The number of carbonyl (C=O) groups is 1. The minimum Gasteiger partial charge on any atom is -0.320 e.